The molecule has 0 aromatic carbocycles. The molecule has 0 amide bonds. The zero-order chi connectivity index (χ0) is 11.9. The highest BCUT2D eigenvalue weighted by atomic mass is 32.1. The Balaban J connectivity index is 2.55. The van der Waals surface area contributed by atoms with Crippen LogP contribution in [-0.4, -0.2) is 42.0 Å². The predicted octanol–water partition coefficient (Wildman–Crippen LogP) is 2.57. The summed E-state index contributed by atoms with van der Waals surface area (Å²) >= 11 is 4.59. The van der Waals surface area contributed by atoms with Crippen molar-refractivity contribution >= 4 is 12.6 Å². The Hall–Kier alpha value is 0.270. The fourth-order valence-corrected chi connectivity index (χ4v) is 3.23. The molecular formula is C13H27NOS. The monoisotopic (exact) mass is 245 g/mol. The van der Waals surface area contributed by atoms with Gasteiger partial charge in [0.1, 0.15) is 0 Å². The van der Waals surface area contributed by atoms with Crippen molar-refractivity contribution in [3.05, 3.63) is 0 Å². The van der Waals surface area contributed by atoms with Crippen molar-refractivity contribution in [3.63, 3.8) is 0 Å². The largest absolute Gasteiger partial charge is 0.395 e. The highest BCUT2D eigenvalue weighted by Crippen LogP contribution is 2.36. The van der Waals surface area contributed by atoms with Crippen molar-refractivity contribution in [2.24, 2.45) is 5.41 Å². The van der Waals surface area contributed by atoms with Gasteiger partial charge in [-0.25, -0.2) is 0 Å². The maximum atomic E-state index is 9.05. The lowest BCUT2D eigenvalue weighted by Gasteiger charge is -2.36. The van der Waals surface area contributed by atoms with Gasteiger partial charge < -0.3 is 10.0 Å². The standard InChI is InChI=1S/C13H27NOS/c1-2-14(9-10-15)11-13(12-16)7-5-3-4-6-8-13/h15-16H,2-12H2,1H3. The molecule has 0 aromatic rings. The van der Waals surface area contributed by atoms with Crippen LogP contribution in [0.5, 0.6) is 0 Å². The molecule has 0 spiro atoms. The van der Waals surface area contributed by atoms with Gasteiger partial charge in [-0.05, 0) is 30.6 Å². The van der Waals surface area contributed by atoms with Crippen LogP contribution < -0.4 is 0 Å². The molecule has 16 heavy (non-hydrogen) atoms. The molecule has 1 fully saturated rings. The zero-order valence-corrected chi connectivity index (χ0v) is 11.5. The van der Waals surface area contributed by atoms with Gasteiger partial charge in [-0.15, -0.1) is 0 Å². The maximum Gasteiger partial charge on any atom is 0.0558 e. The quantitative estimate of drug-likeness (QED) is 0.555. The number of hydrogen-bond donors (Lipinski definition) is 2. The first kappa shape index (κ1) is 14.3. The van der Waals surface area contributed by atoms with Gasteiger partial charge in [-0.1, -0.05) is 32.6 Å². The van der Waals surface area contributed by atoms with Gasteiger partial charge in [0.15, 0.2) is 0 Å². The molecule has 1 N–H and O–H groups in total. The molecule has 0 unspecified atom stereocenters. The Labute approximate surface area is 106 Å². The third-order valence-electron chi connectivity index (χ3n) is 3.92. The first-order chi connectivity index (χ1) is 7.76. The average Bonchev–Trinajstić information content (AvgIpc) is 2.55. The number of thiol groups is 1. The minimum atomic E-state index is 0.274. The zero-order valence-electron chi connectivity index (χ0n) is 10.6. The summed E-state index contributed by atoms with van der Waals surface area (Å²) in [5.74, 6) is 0.995. The molecule has 3 heteroatoms. The first-order valence-electron chi connectivity index (χ1n) is 6.70. The topological polar surface area (TPSA) is 23.5 Å². The summed E-state index contributed by atoms with van der Waals surface area (Å²) in [5, 5.41) is 9.05. The third-order valence-corrected chi connectivity index (χ3v) is 4.59. The van der Waals surface area contributed by atoms with Crippen molar-refractivity contribution in [3.8, 4) is 0 Å². The Kier molecular flexibility index (Phi) is 6.78. The van der Waals surface area contributed by atoms with E-state index in [0.29, 0.717) is 5.41 Å². The van der Waals surface area contributed by atoms with E-state index >= 15 is 0 Å². The SMILES string of the molecule is CCN(CCO)CC1(CS)CCCCCC1. The van der Waals surface area contributed by atoms with Crippen LogP contribution in [0.3, 0.4) is 0 Å². The Morgan fingerprint density at radius 2 is 1.81 bits per heavy atom. The minimum absolute atomic E-state index is 0.274. The summed E-state index contributed by atoms with van der Waals surface area (Å²) in [4.78, 5) is 2.38. The fraction of sp³-hybridized carbons (Fsp3) is 1.00. The van der Waals surface area contributed by atoms with E-state index in [4.69, 9.17) is 5.11 Å². The number of rotatable bonds is 6. The average molecular weight is 245 g/mol. The van der Waals surface area contributed by atoms with Crippen molar-refractivity contribution in [1.29, 1.82) is 0 Å². The molecule has 0 atom stereocenters. The van der Waals surface area contributed by atoms with Gasteiger partial charge in [0.25, 0.3) is 0 Å². The molecule has 1 aliphatic rings. The van der Waals surface area contributed by atoms with E-state index in [1.165, 1.54) is 38.5 Å². The highest BCUT2D eigenvalue weighted by Gasteiger charge is 2.31. The molecule has 1 rings (SSSR count). The van der Waals surface area contributed by atoms with Gasteiger partial charge in [0.05, 0.1) is 6.61 Å². The second kappa shape index (κ2) is 7.57. The molecule has 0 bridgehead atoms. The Bertz CT molecular complexity index is 179. The lowest BCUT2D eigenvalue weighted by atomic mass is 9.81. The molecular weight excluding hydrogens is 218 g/mol. The Morgan fingerprint density at radius 3 is 2.25 bits per heavy atom. The molecule has 96 valence electrons. The number of nitrogens with zero attached hydrogens (tertiary/aromatic N) is 1. The van der Waals surface area contributed by atoms with Crippen LogP contribution >= 0.6 is 12.6 Å². The van der Waals surface area contributed by atoms with Gasteiger partial charge >= 0.3 is 0 Å². The van der Waals surface area contributed by atoms with Crippen LogP contribution in [-0.2, 0) is 0 Å². The van der Waals surface area contributed by atoms with E-state index in [1.807, 2.05) is 0 Å². The van der Waals surface area contributed by atoms with Crippen molar-refractivity contribution in [2.45, 2.75) is 45.4 Å². The van der Waals surface area contributed by atoms with Crippen molar-refractivity contribution in [2.75, 3.05) is 32.0 Å². The minimum Gasteiger partial charge on any atom is -0.395 e. The van der Waals surface area contributed by atoms with Crippen LogP contribution in [0.1, 0.15) is 45.4 Å². The normalized spacial score (nSPS) is 21.0. The summed E-state index contributed by atoms with van der Waals surface area (Å²) in [6.45, 7) is 5.42. The number of aliphatic hydroxyl groups excluding tert-OH is 1. The Morgan fingerprint density at radius 1 is 1.19 bits per heavy atom. The highest BCUT2D eigenvalue weighted by molar-refractivity contribution is 7.80. The van der Waals surface area contributed by atoms with Gasteiger partial charge in [-0.2, -0.15) is 12.6 Å². The summed E-state index contributed by atoms with van der Waals surface area (Å²) in [6, 6.07) is 0. The van der Waals surface area contributed by atoms with E-state index in [9.17, 15) is 0 Å². The predicted molar refractivity (Wildman–Crippen MR) is 73.2 cm³/mol. The molecule has 0 aromatic heterocycles. The molecule has 0 radical (unpaired) electrons. The summed E-state index contributed by atoms with van der Waals surface area (Å²) in [7, 11) is 0. The molecule has 1 saturated carbocycles. The lowest BCUT2D eigenvalue weighted by Crippen LogP contribution is -2.40. The summed E-state index contributed by atoms with van der Waals surface area (Å²) < 4.78 is 0. The molecule has 1 aliphatic carbocycles. The van der Waals surface area contributed by atoms with E-state index in [1.54, 1.807) is 0 Å². The van der Waals surface area contributed by atoms with Gasteiger partial charge in [0, 0.05) is 13.1 Å². The molecule has 0 aliphatic heterocycles. The lowest BCUT2D eigenvalue weighted by molar-refractivity contribution is 0.130. The smallest absolute Gasteiger partial charge is 0.0558 e. The summed E-state index contributed by atoms with van der Waals surface area (Å²) in [5.41, 5.74) is 0.408. The van der Waals surface area contributed by atoms with Gasteiger partial charge in [-0.3, -0.25) is 0 Å². The maximum absolute atomic E-state index is 9.05. The van der Waals surface area contributed by atoms with Crippen LogP contribution in [0.15, 0.2) is 0 Å². The third kappa shape index (κ3) is 4.27. The number of hydrogen-bond acceptors (Lipinski definition) is 3. The van der Waals surface area contributed by atoms with E-state index in [0.717, 1.165) is 25.4 Å². The first-order valence-corrected chi connectivity index (χ1v) is 7.33. The van der Waals surface area contributed by atoms with E-state index in [2.05, 4.69) is 24.5 Å². The van der Waals surface area contributed by atoms with Crippen molar-refractivity contribution < 1.29 is 5.11 Å². The molecule has 2 nitrogen and oxygen atoms in total. The van der Waals surface area contributed by atoms with Gasteiger partial charge in [0.2, 0.25) is 0 Å². The van der Waals surface area contributed by atoms with E-state index < -0.39 is 0 Å². The van der Waals surface area contributed by atoms with Crippen molar-refractivity contribution in [1.82, 2.24) is 4.90 Å². The number of likely N-dealkylation sites (N-methyl/N-ethyl adjacent to an activating group) is 1. The second-order valence-electron chi connectivity index (χ2n) is 5.16. The summed E-state index contributed by atoms with van der Waals surface area (Å²) in [6.07, 6.45) is 8.13. The van der Waals surface area contributed by atoms with E-state index in [-0.39, 0.29) is 6.61 Å². The van der Waals surface area contributed by atoms with Crippen LogP contribution in [0.4, 0.5) is 0 Å². The van der Waals surface area contributed by atoms with Crippen LogP contribution in [0.2, 0.25) is 0 Å². The van der Waals surface area contributed by atoms with Crippen LogP contribution in [0, 0.1) is 5.41 Å². The van der Waals surface area contributed by atoms with Crippen LogP contribution in [0.25, 0.3) is 0 Å². The fourth-order valence-electron chi connectivity index (χ4n) is 2.81. The second-order valence-corrected chi connectivity index (χ2v) is 5.48. The molecule has 0 heterocycles. The molecule has 0 saturated heterocycles. The number of aliphatic hydroxyl groups is 1.